The Morgan fingerprint density at radius 2 is 2.10 bits per heavy atom. The molecule has 1 fully saturated rings. The molecule has 0 unspecified atom stereocenters. The van der Waals surface area contributed by atoms with Gasteiger partial charge in [0.1, 0.15) is 5.82 Å². The predicted molar refractivity (Wildman–Crippen MR) is 78.1 cm³/mol. The molecular formula is C14H22N4O2. The summed E-state index contributed by atoms with van der Waals surface area (Å²) in [5, 5.41) is 2.65. The molecule has 110 valence electrons. The first kappa shape index (κ1) is 14.6. The van der Waals surface area contributed by atoms with E-state index in [1.807, 2.05) is 25.1 Å². The van der Waals surface area contributed by atoms with Crippen molar-refractivity contribution in [3.8, 4) is 5.88 Å². The summed E-state index contributed by atoms with van der Waals surface area (Å²) in [6.45, 7) is 6.53. The molecule has 20 heavy (non-hydrogen) atoms. The van der Waals surface area contributed by atoms with E-state index < -0.39 is 0 Å². The normalized spacial score (nSPS) is 16.0. The third kappa shape index (κ3) is 3.84. The lowest BCUT2D eigenvalue weighted by Crippen LogP contribution is -2.49. The Kier molecular flexibility index (Phi) is 5.17. The molecule has 0 radical (unpaired) electrons. The van der Waals surface area contributed by atoms with Gasteiger partial charge in [0, 0.05) is 39.3 Å². The van der Waals surface area contributed by atoms with Crippen LogP contribution in [0.15, 0.2) is 18.2 Å². The molecule has 0 spiro atoms. The molecule has 0 aromatic carbocycles. The van der Waals surface area contributed by atoms with E-state index in [4.69, 9.17) is 4.74 Å². The first-order chi connectivity index (χ1) is 9.72. The van der Waals surface area contributed by atoms with Gasteiger partial charge in [-0.05, 0) is 13.0 Å². The molecule has 1 saturated heterocycles. The minimum absolute atomic E-state index is 0.0647. The Balaban J connectivity index is 1.90. The number of carbonyl (C=O) groups is 1. The molecule has 1 aliphatic rings. The van der Waals surface area contributed by atoms with Gasteiger partial charge in [0.2, 0.25) is 11.8 Å². The largest absolute Gasteiger partial charge is 0.478 e. The van der Waals surface area contributed by atoms with E-state index in [9.17, 15) is 4.79 Å². The zero-order valence-corrected chi connectivity index (χ0v) is 12.1. The summed E-state index contributed by atoms with van der Waals surface area (Å²) in [7, 11) is 1.67. The SMILES string of the molecule is CCOc1cccc(N2CCN(CC(=O)NC)CC2)n1. The summed E-state index contributed by atoms with van der Waals surface area (Å²) in [5.41, 5.74) is 0. The molecule has 0 aliphatic carbocycles. The van der Waals surface area contributed by atoms with Gasteiger partial charge in [-0.1, -0.05) is 6.07 Å². The van der Waals surface area contributed by atoms with Crippen molar-refractivity contribution in [2.24, 2.45) is 0 Å². The van der Waals surface area contributed by atoms with Gasteiger partial charge in [0.05, 0.1) is 13.2 Å². The minimum Gasteiger partial charge on any atom is -0.478 e. The topological polar surface area (TPSA) is 57.7 Å². The second-order valence-electron chi connectivity index (χ2n) is 4.70. The number of nitrogens with zero attached hydrogens (tertiary/aromatic N) is 3. The lowest BCUT2D eigenvalue weighted by Gasteiger charge is -2.34. The monoisotopic (exact) mass is 278 g/mol. The highest BCUT2D eigenvalue weighted by atomic mass is 16.5. The van der Waals surface area contributed by atoms with Crippen LogP contribution in [-0.4, -0.2) is 62.2 Å². The second kappa shape index (κ2) is 7.09. The van der Waals surface area contributed by atoms with Crippen molar-refractivity contribution in [3.63, 3.8) is 0 Å². The van der Waals surface area contributed by atoms with Crippen molar-refractivity contribution >= 4 is 11.7 Å². The summed E-state index contributed by atoms with van der Waals surface area (Å²) in [4.78, 5) is 20.2. The molecule has 1 aromatic rings. The van der Waals surface area contributed by atoms with Crippen molar-refractivity contribution in [1.29, 1.82) is 0 Å². The molecule has 0 bridgehead atoms. The van der Waals surface area contributed by atoms with Gasteiger partial charge >= 0.3 is 0 Å². The maximum absolute atomic E-state index is 11.4. The van der Waals surface area contributed by atoms with E-state index in [0.717, 1.165) is 32.0 Å². The van der Waals surface area contributed by atoms with Gasteiger partial charge in [0.25, 0.3) is 0 Å². The van der Waals surface area contributed by atoms with Crippen LogP contribution in [0.5, 0.6) is 5.88 Å². The van der Waals surface area contributed by atoms with Crippen molar-refractivity contribution in [2.45, 2.75) is 6.92 Å². The summed E-state index contributed by atoms with van der Waals surface area (Å²) in [5.74, 6) is 1.67. The van der Waals surface area contributed by atoms with Gasteiger partial charge in [0.15, 0.2) is 0 Å². The van der Waals surface area contributed by atoms with E-state index in [1.165, 1.54) is 0 Å². The fourth-order valence-electron chi connectivity index (χ4n) is 2.23. The van der Waals surface area contributed by atoms with Crippen LogP contribution in [0.3, 0.4) is 0 Å². The van der Waals surface area contributed by atoms with E-state index in [1.54, 1.807) is 7.05 Å². The number of amides is 1. The predicted octanol–water partition coefficient (Wildman–Crippen LogP) is 0.348. The van der Waals surface area contributed by atoms with E-state index in [-0.39, 0.29) is 5.91 Å². The maximum atomic E-state index is 11.4. The van der Waals surface area contributed by atoms with Crippen LogP contribution in [0.2, 0.25) is 0 Å². The first-order valence-corrected chi connectivity index (χ1v) is 7.00. The molecule has 0 atom stereocenters. The number of aromatic nitrogens is 1. The average molecular weight is 278 g/mol. The second-order valence-corrected chi connectivity index (χ2v) is 4.70. The van der Waals surface area contributed by atoms with Gasteiger partial charge in [-0.15, -0.1) is 0 Å². The number of pyridine rings is 1. The van der Waals surface area contributed by atoms with Crippen molar-refractivity contribution in [3.05, 3.63) is 18.2 Å². The van der Waals surface area contributed by atoms with Gasteiger partial charge < -0.3 is 15.0 Å². The van der Waals surface area contributed by atoms with E-state index in [0.29, 0.717) is 19.0 Å². The molecule has 2 rings (SSSR count). The molecule has 6 heteroatoms. The molecule has 0 saturated carbocycles. The zero-order chi connectivity index (χ0) is 14.4. The fraction of sp³-hybridized carbons (Fsp3) is 0.571. The van der Waals surface area contributed by atoms with Crippen LogP contribution >= 0.6 is 0 Å². The Labute approximate surface area is 119 Å². The highest BCUT2D eigenvalue weighted by Gasteiger charge is 2.19. The quantitative estimate of drug-likeness (QED) is 0.842. The van der Waals surface area contributed by atoms with Crippen LogP contribution in [-0.2, 0) is 4.79 Å². The number of anilines is 1. The van der Waals surface area contributed by atoms with Crippen LogP contribution in [0.25, 0.3) is 0 Å². The van der Waals surface area contributed by atoms with Crippen molar-refractivity contribution in [2.75, 3.05) is 51.3 Å². The van der Waals surface area contributed by atoms with E-state index >= 15 is 0 Å². The number of ether oxygens (including phenoxy) is 1. The lowest BCUT2D eigenvalue weighted by molar-refractivity contribution is -0.121. The average Bonchev–Trinajstić information content (AvgIpc) is 2.48. The Morgan fingerprint density at radius 3 is 2.75 bits per heavy atom. The summed E-state index contributed by atoms with van der Waals surface area (Å²) in [6.07, 6.45) is 0. The smallest absolute Gasteiger partial charge is 0.233 e. The highest BCUT2D eigenvalue weighted by Crippen LogP contribution is 2.17. The van der Waals surface area contributed by atoms with Gasteiger partial charge in [-0.25, -0.2) is 0 Å². The van der Waals surface area contributed by atoms with Crippen molar-refractivity contribution in [1.82, 2.24) is 15.2 Å². The summed E-state index contributed by atoms with van der Waals surface area (Å²) >= 11 is 0. The number of likely N-dealkylation sites (N-methyl/N-ethyl adjacent to an activating group) is 1. The molecule has 6 nitrogen and oxygen atoms in total. The van der Waals surface area contributed by atoms with Crippen molar-refractivity contribution < 1.29 is 9.53 Å². The number of hydrogen-bond acceptors (Lipinski definition) is 5. The molecule has 2 heterocycles. The molecule has 1 aliphatic heterocycles. The standard InChI is InChI=1S/C14H22N4O2/c1-3-20-14-6-4-5-12(16-14)18-9-7-17(8-10-18)11-13(19)15-2/h4-6H,3,7-11H2,1-2H3,(H,15,19). The fourth-order valence-corrected chi connectivity index (χ4v) is 2.23. The molecule has 1 amide bonds. The molecule has 1 aromatic heterocycles. The maximum Gasteiger partial charge on any atom is 0.233 e. The minimum atomic E-state index is 0.0647. The van der Waals surface area contributed by atoms with Crippen LogP contribution in [0, 0.1) is 0 Å². The Hall–Kier alpha value is -1.82. The van der Waals surface area contributed by atoms with E-state index in [2.05, 4.69) is 20.1 Å². The third-order valence-corrected chi connectivity index (χ3v) is 3.34. The highest BCUT2D eigenvalue weighted by molar-refractivity contribution is 5.77. The van der Waals surface area contributed by atoms with Gasteiger partial charge in [-0.3, -0.25) is 9.69 Å². The lowest BCUT2D eigenvalue weighted by atomic mass is 10.3. The number of rotatable bonds is 5. The van der Waals surface area contributed by atoms with Crippen LogP contribution < -0.4 is 15.0 Å². The number of carbonyl (C=O) groups excluding carboxylic acids is 1. The summed E-state index contributed by atoms with van der Waals surface area (Å²) in [6, 6.07) is 5.83. The summed E-state index contributed by atoms with van der Waals surface area (Å²) < 4.78 is 5.42. The molecular weight excluding hydrogens is 256 g/mol. The Morgan fingerprint density at radius 1 is 1.35 bits per heavy atom. The molecule has 1 N–H and O–H groups in total. The first-order valence-electron chi connectivity index (χ1n) is 7.00. The van der Waals surface area contributed by atoms with Crippen LogP contribution in [0.1, 0.15) is 6.92 Å². The van der Waals surface area contributed by atoms with Gasteiger partial charge in [-0.2, -0.15) is 4.98 Å². The Bertz CT molecular complexity index is 445. The number of nitrogens with one attached hydrogen (secondary N) is 1. The van der Waals surface area contributed by atoms with Crippen LogP contribution in [0.4, 0.5) is 5.82 Å². The third-order valence-electron chi connectivity index (χ3n) is 3.34. The zero-order valence-electron chi connectivity index (χ0n) is 12.1. The number of piperazine rings is 1. The number of hydrogen-bond donors (Lipinski definition) is 1.